The molecule has 1 amide bonds. The number of rotatable bonds is 1. The summed E-state index contributed by atoms with van der Waals surface area (Å²) in [5, 5.41) is 7.12. The lowest BCUT2D eigenvalue weighted by molar-refractivity contribution is -0.192. The summed E-state index contributed by atoms with van der Waals surface area (Å²) in [4.78, 5) is 27.2. The Morgan fingerprint density at radius 2 is 1.53 bits per heavy atom. The second kappa shape index (κ2) is 9.64. The van der Waals surface area contributed by atoms with Crippen LogP contribution < -0.4 is 4.90 Å². The van der Waals surface area contributed by atoms with E-state index in [0.717, 1.165) is 24.1 Å². The van der Waals surface area contributed by atoms with Crippen molar-refractivity contribution in [1.29, 1.82) is 0 Å². The maximum Gasteiger partial charge on any atom is 0.490 e. The highest BCUT2D eigenvalue weighted by Crippen LogP contribution is 2.30. The Morgan fingerprint density at radius 1 is 0.906 bits per heavy atom. The number of aromatic nitrogens is 1. The van der Waals surface area contributed by atoms with E-state index in [1.165, 1.54) is 22.3 Å². The van der Waals surface area contributed by atoms with E-state index in [-0.39, 0.29) is 5.91 Å². The first-order chi connectivity index (χ1) is 15.2. The van der Waals surface area contributed by atoms with Gasteiger partial charge < -0.3 is 10.0 Å². The van der Waals surface area contributed by atoms with Crippen molar-refractivity contribution in [3.8, 4) is 11.1 Å². The van der Waals surface area contributed by atoms with Crippen LogP contribution in [0, 0.1) is 0 Å². The minimum atomic E-state index is -5.08. The molecule has 0 atom stereocenters. The molecule has 1 aromatic heterocycles. The quantitative estimate of drug-likeness (QED) is 0.574. The van der Waals surface area contributed by atoms with Crippen molar-refractivity contribution in [2.75, 3.05) is 4.90 Å². The van der Waals surface area contributed by atoms with Crippen molar-refractivity contribution in [2.24, 2.45) is 0 Å². The maximum atomic E-state index is 12.3. The molecule has 1 aliphatic rings. The summed E-state index contributed by atoms with van der Waals surface area (Å²) in [6.45, 7) is 2.26. The van der Waals surface area contributed by atoms with E-state index in [1.54, 1.807) is 6.92 Å². The SMILES string of the molecule is CC(=O)N1Cc2cc(-c3ccncc3)ccc2CCc2ccccc21.O=C(O)C(F)(F)F. The number of fused-ring (bicyclic) bond motifs is 2. The van der Waals surface area contributed by atoms with Gasteiger partial charge in [0.1, 0.15) is 0 Å². The normalized spacial score (nSPS) is 12.9. The van der Waals surface area contributed by atoms with Crippen LogP contribution >= 0.6 is 0 Å². The molecular weight excluding hydrogens is 421 g/mol. The first-order valence-corrected chi connectivity index (χ1v) is 9.85. The van der Waals surface area contributed by atoms with E-state index in [9.17, 15) is 18.0 Å². The molecule has 0 radical (unpaired) electrons. The van der Waals surface area contributed by atoms with Gasteiger partial charge in [0.15, 0.2) is 0 Å². The molecule has 1 N–H and O–H groups in total. The molecule has 32 heavy (non-hydrogen) atoms. The minimum absolute atomic E-state index is 0.0783. The average molecular weight is 442 g/mol. The lowest BCUT2D eigenvalue weighted by Gasteiger charge is -2.28. The largest absolute Gasteiger partial charge is 0.490 e. The fourth-order valence-corrected chi connectivity index (χ4v) is 3.53. The van der Waals surface area contributed by atoms with Crippen molar-refractivity contribution >= 4 is 17.6 Å². The Kier molecular flexibility index (Phi) is 6.92. The smallest absolute Gasteiger partial charge is 0.475 e. The number of carboxylic acid groups (broad SMARTS) is 1. The monoisotopic (exact) mass is 442 g/mol. The number of hydrogen-bond acceptors (Lipinski definition) is 3. The molecule has 0 saturated carbocycles. The number of alkyl halides is 3. The molecule has 5 nitrogen and oxygen atoms in total. The number of carbonyl (C=O) groups is 2. The Balaban J connectivity index is 0.000000360. The van der Waals surface area contributed by atoms with Gasteiger partial charge in [0.2, 0.25) is 5.91 Å². The number of aryl methyl sites for hydroxylation is 2. The number of para-hydroxylation sites is 1. The summed E-state index contributed by atoms with van der Waals surface area (Å²) in [5.41, 5.74) is 7.13. The predicted molar refractivity (Wildman–Crippen MR) is 114 cm³/mol. The molecule has 0 fully saturated rings. The molecule has 4 rings (SSSR count). The summed E-state index contributed by atoms with van der Waals surface area (Å²) in [6.07, 6.45) is 0.477. The number of nitrogens with zero attached hydrogens (tertiary/aromatic N) is 2. The lowest BCUT2D eigenvalue weighted by Crippen LogP contribution is -2.30. The van der Waals surface area contributed by atoms with E-state index < -0.39 is 12.1 Å². The Morgan fingerprint density at radius 3 is 2.16 bits per heavy atom. The molecule has 3 aromatic rings. The summed E-state index contributed by atoms with van der Waals surface area (Å²) < 4.78 is 31.7. The van der Waals surface area contributed by atoms with Crippen LogP contribution in [0.4, 0.5) is 18.9 Å². The zero-order valence-electron chi connectivity index (χ0n) is 17.3. The fourth-order valence-electron chi connectivity index (χ4n) is 3.53. The molecule has 0 bridgehead atoms. The lowest BCUT2D eigenvalue weighted by atomic mass is 9.92. The fraction of sp³-hybridized carbons (Fsp3) is 0.208. The van der Waals surface area contributed by atoms with Crippen LogP contribution in [0.1, 0.15) is 23.6 Å². The first-order valence-electron chi connectivity index (χ1n) is 9.85. The van der Waals surface area contributed by atoms with Gasteiger partial charge in [0.05, 0.1) is 6.54 Å². The van der Waals surface area contributed by atoms with Gasteiger partial charge in [-0.25, -0.2) is 4.79 Å². The van der Waals surface area contributed by atoms with Crippen molar-refractivity contribution in [3.05, 3.63) is 83.7 Å². The second-order valence-electron chi connectivity index (χ2n) is 7.26. The molecule has 0 unspecified atom stereocenters. The third-order valence-corrected chi connectivity index (χ3v) is 5.12. The number of halogens is 3. The molecule has 8 heteroatoms. The third kappa shape index (κ3) is 5.51. The maximum absolute atomic E-state index is 12.3. The molecule has 166 valence electrons. The van der Waals surface area contributed by atoms with Gasteiger partial charge in [-0.1, -0.05) is 30.3 Å². The van der Waals surface area contributed by atoms with Crippen molar-refractivity contribution in [1.82, 2.24) is 4.98 Å². The molecule has 2 aromatic carbocycles. The van der Waals surface area contributed by atoms with Gasteiger partial charge in [-0.2, -0.15) is 13.2 Å². The molecule has 0 aliphatic carbocycles. The van der Waals surface area contributed by atoms with Gasteiger partial charge in [-0.3, -0.25) is 9.78 Å². The Hall–Kier alpha value is -3.68. The van der Waals surface area contributed by atoms with Crippen LogP contribution in [0.25, 0.3) is 11.1 Å². The minimum Gasteiger partial charge on any atom is -0.475 e. The number of carboxylic acids is 1. The number of carbonyl (C=O) groups excluding carboxylic acids is 1. The van der Waals surface area contributed by atoms with Crippen LogP contribution in [0.5, 0.6) is 0 Å². The Bertz CT molecular complexity index is 1110. The van der Waals surface area contributed by atoms with E-state index in [1.807, 2.05) is 41.6 Å². The molecule has 1 aliphatic heterocycles. The molecule has 0 spiro atoms. The highest BCUT2D eigenvalue weighted by atomic mass is 19.4. The number of benzene rings is 2. The number of hydrogen-bond donors (Lipinski definition) is 1. The van der Waals surface area contributed by atoms with Crippen LogP contribution in [0.3, 0.4) is 0 Å². The summed E-state index contributed by atoms with van der Waals surface area (Å²) >= 11 is 0. The number of amides is 1. The predicted octanol–water partition coefficient (Wildman–Crippen LogP) is 5.03. The Labute approximate surface area is 183 Å². The number of aliphatic carboxylic acids is 1. The molecular formula is C24H21F3N2O3. The van der Waals surface area contributed by atoms with Gasteiger partial charge in [0, 0.05) is 25.0 Å². The van der Waals surface area contributed by atoms with Crippen molar-refractivity contribution in [3.63, 3.8) is 0 Å². The summed E-state index contributed by atoms with van der Waals surface area (Å²) in [6, 6.07) is 18.9. The van der Waals surface area contributed by atoms with Crippen molar-refractivity contribution < 1.29 is 27.9 Å². The molecule has 2 heterocycles. The van der Waals surface area contributed by atoms with Crippen LogP contribution in [-0.4, -0.2) is 28.1 Å². The second-order valence-corrected chi connectivity index (χ2v) is 7.26. The number of pyridine rings is 1. The third-order valence-electron chi connectivity index (χ3n) is 5.12. The van der Waals surface area contributed by atoms with E-state index >= 15 is 0 Å². The highest BCUT2D eigenvalue weighted by molar-refractivity contribution is 5.92. The first kappa shape index (κ1) is 23.0. The topological polar surface area (TPSA) is 70.5 Å². The van der Waals surface area contributed by atoms with Crippen LogP contribution in [0.15, 0.2) is 67.0 Å². The van der Waals surface area contributed by atoms with Gasteiger partial charge in [-0.15, -0.1) is 0 Å². The van der Waals surface area contributed by atoms with Gasteiger partial charge >= 0.3 is 12.1 Å². The molecule has 0 saturated heterocycles. The van der Waals surface area contributed by atoms with Crippen molar-refractivity contribution in [2.45, 2.75) is 32.5 Å². The van der Waals surface area contributed by atoms with Crippen LogP contribution in [-0.2, 0) is 29.0 Å². The summed E-state index contributed by atoms with van der Waals surface area (Å²) in [7, 11) is 0. The van der Waals surface area contributed by atoms with Gasteiger partial charge in [0.25, 0.3) is 0 Å². The average Bonchev–Trinajstić information content (AvgIpc) is 2.75. The standard InChI is InChI=1S/C22H20N2O.C2HF3O2/c1-16(25)24-15-21-14-20(18-10-12-23-13-11-18)9-7-17(21)6-8-19-4-2-3-5-22(19)24;3-2(4,5)1(6)7/h2-5,7,9-14H,6,8,15H2,1H3;(H,6,7). The van der Waals surface area contributed by atoms with Gasteiger partial charge in [-0.05, 0) is 64.9 Å². The van der Waals surface area contributed by atoms with E-state index in [4.69, 9.17) is 9.90 Å². The zero-order valence-corrected chi connectivity index (χ0v) is 17.3. The van der Waals surface area contributed by atoms with Crippen LogP contribution in [0.2, 0.25) is 0 Å². The summed E-state index contributed by atoms with van der Waals surface area (Å²) in [5.74, 6) is -2.68. The van der Waals surface area contributed by atoms with E-state index in [2.05, 4.69) is 35.3 Å². The number of anilines is 1. The highest BCUT2D eigenvalue weighted by Gasteiger charge is 2.38. The van der Waals surface area contributed by atoms with E-state index in [0.29, 0.717) is 6.54 Å². The zero-order chi connectivity index (χ0) is 23.3.